The maximum Gasteiger partial charge on any atom is 0.146 e. The average Bonchev–Trinajstić information content (AvgIpc) is 3.23. The molecule has 3 aromatic heterocycles. The number of nitrogen functional groups attached to an aromatic ring is 1. The molecule has 5 aromatic rings. The van der Waals surface area contributed by atoms with E-state index in [1.807, 2.05) is 18.2 Å². The van der Waals surface area contributed by atoms with Gasteiger partial charge in [-0.05, 0) is 36.5 Å². The summed E-state index contributed by atoms with van der Waals surface area (Å²) in [6.45, 7) is 4.35. The molecule has 0 amide bonds. The van der Waals surface area contributed by atoms with Crippen molar-refractivity contribution in [3.8, 4) is 22.4 Å². The normalized spacial score (nSPS) is 17.5. The number of aromatic nitrogens is 4. The minimum atomic E-state index is 0.368. The van der Waals surface area contributed by atoms with E-state index in [1.165, 1.54) is 6.26 Å². The van der Waals surface area contributed by atoms with Crippen LogP contribution in [0.25, 0.3) is 44.3 Å². The van der Waals surface area contributed by atoms with Gasteiger partial charge in [0.15, 0.2) is 0 Å². The van der Waals surface area contributed by atoms with E-state index in [1.54, 1.807) is 6.33 Å². The quantitative estimate of drug-likeness (QED) is 0.323. The molecule has 6 nitrogen and oxygen atoms in total. The fraction of sp³-hybridized carbons (Fsp3) is 0.179. The molecule has 1 saturated carbocycles. The minimum absolute atomic E-state index is 0.368. The number of nitrogens with zero attached hydrogens (tertiary/aromatic N) is 4. The molecule has 1 aliphatic carbocycles. The first-order valence-corrected chi connectivity index (χ1v) is 11.5. The molecular weight excluding hydrogens is 422 g/mol. The number of rotatable bonds is 6. The summed E-state index contributed by atoms with van der Waals surface area (Å²) in [7, 11) is 0. The molecule has 0 spiro atoms. The molecule has 3 heterocycles. The van der Waals surface area contributed by atoms with Crippen LogP contribution < -0.4 is 5.73 Å². The Morgan fingerprint density at radius 2 is 1.85 bits per heavy atom. The number of hydrogen-bond donors (Lipinski definition) is 1. The third-order valence-electron chi connectivity index (χ3n) is 6.77. The Labute approximate surface area is 197 Å². The van der Waals surface area contributed by atoms with Gasteiger partial charge in [-0.2, -0.15) is 0 Å². The minimum Gasteiger partial charge on any atom is -0.502 e. The van der Waals surface area contributed by atoms with Crippen molar-refractivity contribution in [1.29, 1.82) is 0 Å². The summed E-state index contributed by atoms with van der Waals surface area (Å²) in [6, 6.07) is 21.2. The van der Waals surface area contributed by atoms with Gasteiger partial charge >= 0.3 is 0 Å². The van der Waals surface area contributed by atoms with Crippen LogP contribution in [0.3, 0.4) is 0 Å². The van der Waals surface area contributed by atoms with E-state index < -0.39 is 0 Å². The molecule has 1 aliphatic rings. The second-order valence-corrected chi connectivity index (χ2v) is 8.87. The summed E-state index contributed by atoms with van der Waals surface area (Å²) in [5.41, 5.74) is 12.3. The van der Waals surface area contributed by atoms with Gasteiger partial charge < -0.3 is 15.0 Å². The predicted molar refractivity (Wildman–Crippen MR) is 136 cm³/mol. The monoisotopic (exact) mass is 447 g/mol. The van der Waals surface area contributed by atoms with Crippen LogP contribution in [0.4, 0.5) is 5.82 Å². The zero-order chi connectivity index (χ0) is 23.1. The lowest BCUT2D eigenvalue weighted by Crippen LogP contribution is -2.29. The van der Waals surface area contributed by atoms with Crippen molar-refractivity contribution in [2.24, 2.45) is 5.92 Å². The largest absolute Gasteiger partial charge is 0.502 e. The highest BCUT2D eigenvalue weighted by Crippen LogP contribution is 2.43. The van der Waals surface area contributed by atoms with Gasteiger partial charge in [-0.3, -0.25) is 0 Å². The number of nitrogens with two attached hydrogens (primary N) is 1. The van der Waals surface area contributed by atoms with Crippen molar-refractivity contribution in [3.63, 3.8) is 0 Å². The molecule has 0 bridgehead atoms. The fourth-order valence-electron chi connectivity index (χ4n) is 4.93. The number of anilines is 1. The summed E-state index contributed by atoms with van der Waals surface area (Å²) in [5, 5.41) is 1.99. The number of benzene rings is 2. The molecule has 6 rings (SSSR count). The van der Waals surface area contributed by atoms with Crippen LogP contribution >= 0.6 is 0 Å². The van der Waals surface area contributed by atoms with Crippen LogP contribution in [0.15, 0.2) is 86.0 Å². The van der Waals surface area contributed by atoms with Crippen molar-refractivity contribution in [2.75, 3.05) is 12.3 Å². The zero-order valence-electron chi connectivity index (χ0n) is 18.8. The second kappa shape index (κ2) is 8.30. The predicted octanol–water partition coefficient (Wildman–Crippen LogP) is 6.01. The highest BCUT2D eigenvalue weighted by atomic mass is 16.5. The van der Waals surface area contributed by atoms with Crippen LogP contribution in [-0.4, -0.2) is 26.1 Å². The van der Waals surface area contributed by atoms with Gasteiger partial charge in [0.2, 0.25) is 0 Å². The van der Waals surface area contributed by atoms with Crippen LogP contribution in [0.2, 0.25) is 0 Å². The van der Waals surface area contributed by atoms with E-state index in [9.17, 15) is 0 Å². The molecular formula is C28H25N5O. The molecule has 1 fully saturated rings. The second-order valence-electron chi connectivity index (χ2n) is 8.87. The van der Waals surface area contributed by atoms with E-state index in [2.05, 4.69) is 69.8 Å². The third kappa shape index (κ3) is 3.48. The maximum atomic E-state index is 6.36. The Bertz CT molecular complexity index is 1500. The van der Waals surface area contributed by atoms with Gasteiger partial charge in [0.25, 0.3) is 0 Å². The van der Waals surface area contributed by atoms with Crippen molar-refractivity contribution in [1.82, 2.24) is 19.5 Å². The first-order valence-electron chi connectivity index (χ1n) is 11.5. The van der Waals surface area contributed by atoms with Crippen molar-refractivity contribution < 1.29 is 4.74 Å². The molecule has 168 valence electrons. The topological polar surface area (TPSA) is 78.9 Å². The molecule has 34 heavy (non-hydrogen) atoms. The first-order chi connectivity index (χ1) is 16.7. The van der Waals surface area contributed by atoms with Gasteiger partial charge in [0, 0.05) is 28.8 Å². The average molecular weight is 448 g/mol. The summed E-state index contributed by atoms with van der Waals surface area (Å²) in [6.07, 6.45) is 7.32. The van der Waals surface area contributed by atoms with Gasteiger partial charge in [-0.1, -0.05) is 55.1 Å². The highest BCUT2D eigenvalue weighted by Gasteiger charge is 2.32. The molecule has 0 atom stereocenters. The summed E-state index contributed by atoms with van der Waals surface area (Å²) >= 11 is 0. The molecule has 2 aromatic carbocycles. The molecule has 0 unspecified atom stereocenters. The van der Waals surface area contributed by atoms with E-state index in [4.69, 9.17) is 15.5 Å². The number of ether oxygens (including phenoxy) is 1. The van der Waals surface area contributed by atoms with Gasteiger partial charge in [0.05, 0.1) is 29.5 Å². The van der Waals surface area contributed by atoms with Crippen molar-refractivity contribution in [3.05, 3.63) is 86.0 Å². The maximum absolute atomic E-state index is 6.36. The Morgan fingerprint density at radius 3 is 2.68 bits per heavy atom. The lowest BCUT2D eigenvalue weighted by atomic mass is 9.80. The van der Waals surface area contributed by atoms with Gasteiger partial charge in [0.1, 0.15) is 17.8 Å². The molecule has 2 N–H and O–H groups in total. The first kappa shape index (κ1) is 20.4. The van der Waals surface area contributed by atoms with E-state index >= 15 is 0 Å². The lowest BCUT2D eigenvalue weighted by Gasteiger charge is -2.36. The summed E-state index contributed by atoms with van der Waals surface area (Å²) in [5.74, 6) is 1.03. The standard InChI is InChI=1S/C28H25N5O/c1-2-34-16-18-12-22(13-18)33-15-23(26-27(29)30-17-31-28(26)33)21-9-8-20-10-11-24(32-25(20)14-21)19-6-4-3-5-7-19/h2-11,14-15,17-18,22H,1,12-13,16H2,(H2,29,30,31). The van der Waals surface area contributed by atoms with Gasteiger partial charge in [-0.25, -0.2) is 15.0 Å². The Morgan fingerprint density at radius 1 is 1.03 bits per heavy atom. The SMILES string of the molecule is C=COCC1CC(n2cc(-c3ccc4ccc(-c5ccccc5)nc4c3)c3c(N)ncnc32)C1. The van der Waals surface area contributed by atoms with Crippen molar-refractivity contribution in [2.45, 2.75) is 18.9 Å². The third-order valence-corrected chi connectivity index (χ3v) is 6.77. The lowest BCUT2D eigenvalue weighted by molar-refractivity contribution is 0.102. The highest BCUT2D eigenvalue weighted by molar-refractivity contribution is 6.02. The number of pyridine rings is 1. The Kier molecular flexibility index (Phi) is 4.99. The fourth-order valence-corrected chi connectivity index (χ4v) is 4.93. The summed E-state index contributed by atoms with van der Waals surface area (Å²) in [4.78, 5) is 13.8. The van der Waals surface area contributed by atoms with Crippen LogP contribution in [0.5, 0.6) is 0 Å². The van der Waals surface area contributed by atoms with E-state index in [0.29, 0.717) is 24.4 Å². The molecule has 6 heteroatoms. The van der Waals surface area contributed by atoms with Crippen LogP contribution in [-0.2, 0) is 4.74 Å². The van der Waals surface area contributed by atoms with Crippen LogP contribution in [0, 0.1) is 5.92 Å². The van der Waals surface area contributed by atoms with Crippen molar-refractivity contribution >= 4 is 27.8 Å². The number of hydrogen-bond acceptors (Lipinski definition) is 5. The van der Waals surface area contributed by atoms with E-state index in [-0.39, 0.29) is 0 Å². The summed E-state index contributed by atoms with van der Waals surface area (Å²) < 4.78 is 7.64. The Hall–Kier alpha value is -4.19. The zero-order valence-corrected chi connectivity index (χ0v) is 18.8. The molecule has 0 saturated heterocycles. The molecule has 0 radical (unpaired) electrons. The smallest absolute Gasteiger partial charge is 0.146 e. The van der Waals surface area contributed by atoms with Gasteiger partial charge in [-0.15, -0.1) is 0 Å². The van der Waals surface area contributed by atoms with Crippen LogP contribution in [0.1, 0.15) is 18.9 Å². The Balaban J connectivity index is 1.42. The van der Waals surface area contributed by atoms with E-state index in [0.717, 1.165) is 57.2 Å². The number of fused-ring (bicyclic) bond motifs is 2. The molecule has 0 aliphatic heterocycles.